The number of nitrogens with zero attached hydrogens (tertiary/aromatic N) is 2. The van der Waals surface area contributed by atoms with E-state index in [1.54, 1.807) is 0 Å². The van der Waals surface area contributed by atoms with E-state index >= 15 is 0 Å². The Morgan fingerprint density at radius 1 is 1.38 bits per heavy atom. The number of β-amino-alcohol motifs (C(OH)–C–C–N with tert-alkyl or cyclic N) is 1. The van der Waals surface area contributed by atoms with E-state index in [0.29, 0.717) is 0 Å². The number of hydrogen-bond donors (Lipinski definition) is 1. The van der Waals surface area contributed by atoms with Crippen LogP contribution in [-0.2, 0) is 0 Å². The van der Waals surface area contributed by atoms with Gasteiger partial charge in [-0.1, -0.05) is 0 Å². The Bertz CT molecular complexity index is 159. The summed E-state index contributed by atoms with van der Waals surface area (Å²) in [5.41, 5.74) is 0.253. The molecule has 0 unspecified atom stereocenters. The molecule has 1 saturated heterocycles. The van der Waals surface area contributed by atoms with Gasteiger partial charge in [0.25, 0.3) is 0 Å². The van der Waals surface area contributed by atoms with Crippen molar-refractivity contribution < 1.29 is 5.11 Å². The number of likely N-dealkylation sites (tertiary alicyclic amines) is 1. The predicted octanol–water partition coefficient (Wildman–Crippen LogP) is 0.393. The summed E-state index contributed by atoms with van der Waals surface area (Å²) in [5, 5.41) is 9.09. The third kappa shape index (κ3) is 3.25. The molecule has 1 rings (SSSR count). The van der Waals surface area contributed by atoms with Gasteiger partial charge in [-0.3, -0.25) is 4.90 Å². The lowest BCUT2D eigenvalue weighted by molar-refractivity contribution is -0.00549. The van der Waals surface area contributed by atoms with E-state index < -0.39 is 0 Å². The van der Waals surface area contributed by atoms with Crippen molar-refractivity contribution in [2.75, 3.05) is 33.2 Å². The van der Waals surface area contributed by atoms with Crippen LogP contribution in [0.3, 0.4) is 0 Å². The van der Waals surface area contributed by atoms with Crippen molar-refractivity contribution in [2.45, 2.75) is 32.4 Å². The molecular weight excluding hydrogens is 164 g/mol. The summed E-state index contributed by atoms with van der Waals surface area (Å²) < 4.78 is 0. The molecule has 78 valence electrons. The van der Waals surface area contributed by atoms with Crippen LogP contribution in [0.4, 0.5) is 0 Å². The number of aliphatic hydroxyl groups is 1. The minimum absolute atomic E-state index is 0.0695. The van der Waals surface area contributed by atoms with Gasteiger partial charge < -0.3 is 10.0 Å². The van der Waals surface area contributed by atoms with Crippen LogP contribution in [0.15, 0.2) is 0 Å². The number of hydrogen-bond acceptors (Lipinski definition) is 3. The molecule has 0 bridgehead atoms. The number of aliphatic hydroxyl groups excluding tert-OH is 1. The first-order valence-corrected chi connectivity index (χ1v) is 5.01. The molecule has 0 aliphatic carbocycles. The topological polar surface area (TPSA) is 26.7 Å². The molecule has 1 heterocycles. The second-order valence-electron chi connectivity index (χ2n) is 5.01. The van der Waals surface area contributed by atoms with E-state index in [-0.39, 0.29) is 11.6 Å². The maximum Gasteiger partial charge on any atom is 0.0793 e. The van der Waals surface area contributed by atoms with Crippen molar-refractivity contribution in [1.29, 1.82) is 0 Å². The standard InChI is InChI=1S/C10H22N2O/c1-10(2,3)11(4)5-6-12-7-9(13)8-12/h9,13H,5-8H2,1-4H3. The molecule has 0 amide bonds. The molecule has 1 fully saturated rings. The Kier molecular flexibility index (Phi) is 3.33. The molecule has 0 aromatic rings. The van der Waals surface area contributed by atoms with Crippen LogP contribution in [0.1, 0.15) is 20.8 Å². The summed E-state index contributed by atoms with van der Waals surface area (Å²) in [6, 6.07) is 0. The molecule has 0 radical (unpaired) electrons. The van der Waals surface area contributed by atoms with E-state index in [2.05, 4.69) is 37.6 Å². The monoisotopic (exact) mass is 186 g/mol. The van der Waals surface area contributed by atoms with E-state index in [4.69, 9.17) is 5.11 Å². The summed E-state index contributed by atoms with van der Waals surface area (Å²) >= 11 is 0. The van der Waals surface area contributed by atoms with Gasteiger partial charge in [0.15, 0.2) is 0 Å². The molecule has 3 nitrogen and oxygen atoms in total. The Balaban J connectivity index is 2.12. The minimum atomic E-state index is -0.0695. The lowest BCUT2D eigenvalue weighted by atomic mass is 10.1. The minimum Gasteiger partial charge on any atom is -0.390 e. The highest BCUT2D eigenvalue weighted by Crippen LogP contribution is 2.11. The molecule has 1 aliphatic rings. The average Bonchev–Trinajstić information content (AvgIpc) is 1.93. The zero-order valence-corrected chi connectivity index (χ0v) is 9.25. The van der Waals surface area contributed by atoms with Crippen molar-refractivity contribution in [3.8, 4) is 0 Å². The lowest BCUT2D eigenvalue weighted by Gasteiger charge is -2.39. The first-order chi connectivity index (χ1) is 5.89. The van der Waals surface area contributed by atoms with Crippen LogP contribution < -0.4 is 0 Å². The fourth-order valence-electron chi connectivity index (χ4n) is 1.35. The predicted molar refractivity (Wildman–Crippen MR) is 54.8 cm³/mol. The van der Waals surface area contributed by atoms with E-state index in [1.165, 1.54) is 0 Å². The molecule has 1 N–H and O–H groups in total. The van der Waals surface area contributed by atoms with Gasteiger partial charge in [-0.15, -0.1) is 0 Å². The Hall–Kier alpha value is -0.120. The maximum absolute atomic E-state index is 9.09. The van der Waals surface area contributed by atoms with Crippen LogP contribution in [-0.4, -0.2) is 59.8 Å². The highest BCUT2D eigenvalue weighted by Gasteiger charge is 2.25. The number of likely N-dealkylation sites (N-methyl/N-ethyl adjacent to an activating group) is 1. The molecule has 0 spiro atoms. The third-order valence-corrected chi connectivity index (χ3v) is 2.83. The second-order valence-corrected chi connectivity index (χ2v) is 5.01. The van der Waals surface area contributed by atoms with Gasteiger partial charge in [-0.2, -0.15) is 0 Å². The quantitative estimate of drug-likeness (QED) is 0.691. The van der Waals surface area contributed by atoms with Crippen molar-refractivity contribution in [2.24, 2.45) is 0 Å². The van der Waals surface area contributed by atoms with Gasteiger partial charge in [0, 0.05) is 31.7 Å². The fraction of sp³-hybridized carbons (Fsp3) is 1.00. The highest BCUT2D eigenvalue weighted by atomic mass is 16.3. The van der Waals surface area contributed by atoms with Crippen LogP contribution in [0.25, 0.3) is 0 Å². The smallest absolute Gasteiger partial charge is 0.0793 e. The molecular formula is C10H22N2O. The van der Waals surface area contributed by atoms with E-state index in [9.17, 15) is 0 Å². The normalized spacial score (nSPS) is 20.8. The van der Waals surface area contributed by atoms with Crippen molar-refractivity contribution in [1.82, 2.24) is 9.80 Å². The third-order valence-electron chi connectivity index (χ3n) is 2.83. The maximum atomic E-state index is 9.09. The van der Waals surface area contributed by atoms with Gasteiger partial charge in [0.2, 0.25) is 0 Å². The molecule has 0 aromatic carbocycles. The zero-order chi connectivity index (χ0) is 10.1. The van der Waals surface area contributed by atoms with Crippen molar-refractivity contribution in [3.63, 3.8) is 0 Å². The van der Waals surface area contributed by atoms with Gasteiger partial charge in [-0.25, -0.2) is 0 Å². The van der Waals surface area contributed by atoms with Crippen LogP contribution in [0.2, 0.25) is 0 Å². The summed E-state index contributed by atoms with van der Waals surface area (Å²) in [6.45, 7) is 10.5. The lowest BCUT2D eigenvalue weighted by Crippen LogP contribution is -2.53. The van der Waals surface area contributed by atoms with Gasteiger partial charge >= 0.3 is 0 Å². The van der Waals surface area contributed by atoms with Gasteiger partial charge in [0.1, 0.15) is 0 Å². The number of rotatable bonds is 3. The highest BCUT2D eigenvalue weighted by molar-refractivity contribution is 4.81. The Morgan fingerprint density at radius 2 is 1.92 bits per heavy atom. The molecule has 1 aliphatic heterocycles. The molecule has 13 heavy (non-hydrogen) atoms. The Labute approximate surface area is 81.3 Å². The SMILES string of the molecule is CN(CCN1CC(O)C1)C(C)(C)C. The van der Waals surface area contributed by atoms with Crippen LogP contribution in [0.5, 0.6) is 0 Å². The van der Waals surface area contributed by atoms with Crippen LogP contribution in [0, 0.1) is 0 Å². The zero-order valence-electron chi connectivity index (χ0n) is 9.25. The molecule has 0 saturated carbocycles. The van der Waals surface area contributed by atoms with Crippen molar-refractivity contribution in [3.05, 3.63) is 0 Å². The molecule has 0 atom stereocenters. The van der Waals surface area contributed by atoms with Gasteiger partial charge in [-0.05, 0) is 27.8 Å². The first kappa shape index (κ1) is 11.0. The van der Waals surface area contributed by atoms with E-state index in [0.717, 1.165) is 26.2 Å². The Morgan fingerprint density at radius 3 is 2.31 bits per heavy atom. The summed E-state index contributed by atoms with van der Waals surface area (Å²) in [4.78, 5) is 4.63. The average molecular weight is 186 g/mol. The fourth-order valence-corrected chi connectivity index (χ4v) is 1.35. The summed E-state index contributed by atoms with van der Waals surface area (Å²) in [6.07, 6.45) is -0.0695. The van der Waals surface area contributed by atoms with Gasteiger partial charge in [0.05, 0.1) is 6.10 Å². The van der Waals surface area contributed by atoms with Crippen molar-refractivity contribution >= 4 is 0 Å². The van der Waals surface area contributed by atoms with E-state index in [1.807, 2.05) is 0 Å². The molecule has 0 aromatic heterocycles. The molecule has 3 heteroatoms. The summed E-state index contributed by atoms with van der Waals surface area (Å²) in [5.74, 6) is 0. The summed E-state index contributed by atoms with van der Waals surface area (Å²) in [7, 11) is 2.15. The van der Waals surface area contributed by atoms with Crippen LogP contribution >= 0.6 is 0 Å². The first-order valence-electron chi connectivity index (χ1n) is 5.01. The second kappa shape index (κ2) is 3.95. The largest absolute Gasteiger partial charge is 0.390 e.